The van der Waals surface area contributed by atoms with Gasteiger partial charge in [0.25, 0.3) is 11.5 Å². The van der Waals surface area contributed by atoms with Gasteiger partial charge in [0.2, 0.25) is 0 Å². The molecular weight excluding hydrogens is 244 g/mol. The molecule has 0 radical (unpaired) electrons. The van der Waals surface area contributed by atoms with Gasteiger partial charge in [-0.2, -0.15) is 5.10 Å². The Morgan fingerprint density at radius 2 is 2.11 bits per heavy atom. The second-order valence-electron chi connectivity index (χ2n) is 4.94. The summed E-state index contributed by atoms with van der Waals surface area (Å²) in [6.45, 7) is 3.82. The van der Waals surface area contributed by atoms with Crippen molar-refractivity contribution in [3.63, 3.8) is 0 Å². The summed E-state index contributed by atoms with van der Waals surface area (Å²) in [6, 6.07) is 2.78. The van der Waals surface area contributed by atoms with Crippen LogP contribution in [-0.2, 0) is 0 Å². The van der Waals surface area contributed by atoms with E-state index >= 15 is 0 Å². The summed E-state index contributed by atoms with van der Waals surface area (Å²) in [4.78, 5) is 27.0. The van der Waals surface area contributed by atoms with Crippen LogP contribution in [0.4, 0.5) is 0 Å². The second-order valence-corrected chi connectivity index (χ2v) is 4.94. The molecule has 19 heavy (non-hydrogen) atoms. The third-order valence-corrected chi connectivity index (χ3v) is 3.45. The summed E-state index contributed by atoms with van der Waals surface area (Å²) < 4.78 is 0. The minimum atomic E-state index is -0.299. The van der Waals surface area contributed by atoms with Crippen LogP contribution in [0.1, 0.15) is 29.8 Å². The standard InChI is InChI=1S/C13H20N4O2/c1-16(9-10-17-7-3-2-4-8-17)13(19)11-5-6-12(18)15-14-11/h5-6H,2-4,7-10H2,1H3,(H,15,18). The molecule has 1 aromatic heterocycles. The van der Waals surface area contributed by atoms with Crippen molar-refractivity contribution in [2.75, 3.05) is 33.2 Å². The Balaban J connectivity index is 1.84. The first kappa shape index (κ1) is 13.7. The predicted octanol–water partition coefficient (Wildman–Crippen LogP) is 0.328. The fourth-order valence-corrected chi connectivity index (χ4v) is 2.24. The molecule has 0 spiro atoms. The van der Waals surface area contributed by atoms with Crippen molar-refractivity contribution in [1.29, 1.82) is 0 Å². The van der Waals surface area contributed by atoms with Gasteiger partial charge < -0.3 is 9.80 Å². The van der Waals surface area contributed by atoms with E-state index in [4.69, 9.17) is 0 Å². The topological polar surface area (TPSA) is 69.3 Å². The van der Waals surface area contributed by atoms with Crippen molar-refractivity contribution in [3.05, 3.63) is 28.2 Å². The number of hydrogen-bond acceptors (Lipinski definition) is 4. The van der Waals surface area contributed by atoms with Gasteiger partial charge in [-0.1, -0.05) is 6.42 Å². The molecule has 1 aromatic rings. The first-order chi connectivity index (χ1) is 9.16. The summed E-state index contributed by atoms with van der Waals surface area (Å²) in [5, 5.41) is 6.03. The molecule has 6 heteroatoms. The molecule has 0 saturated carbocycles. The quantitative estimate of drug-likeness (QED) is 0.850. The molecule has 104 valence electrons. The Labute approximate surface area is 112 Å². The first-order valence-corrected chi connectivity index (χ1v) is 6.70. The van der Waals surface area contributed by atoms with Gasteiger partial charge in [0.1, 0.15) is 5.69 Å². The maximum atomic E-state index is 12.1. The molecule has 0 aliphatic carbocycles. The minimum Gasteiger partial charge on any atom is -0.339 e. The smallest absolute Gasteiger partial charge is 0.274 e. The number of amides is 1. The van der Waals surface area contributed by atoms with Crippen molar-refractivity contribution < 1.29 is 4.79 Å². The Morgan fingerprint density at radius 1 is 1.37 bits per heavy atom. The molecule has 2 heterocycles. The lowest BCUT2D eigenvalue weighted by Crippen LogP contribution is -2.39. The Bertz CT molecular complexity index is 459. The Hall–Kier alpha value is -1.69. The van der Waals surface area contributed by atoms with Crippen molar-refractivity contribution in [2.45, 2.75) is 19.3 Å². The van der Waals surface area contributed by atoms with Gasteiger partial charge in [0, 0.05) is 26.2 Å². The van der Waals surface area contributed by atoms with E-state index in [0.717, 1.165) is 19.6 Å². The average Bonchev–Trinajstić information content (AvgIpc) is 2.46. The van der Waals surface area contributed by atoms with Crippen LogP contribution in [0.25, 0.3) is 0 Å². The van der Waals surface area contributed by atoms with Gasteiger partial charge in [-0.15, -0.1) is 0 Å². The van der Waals surface area contributed by atoms with E-state index in [2.05, 4.69) is 15.1 Å². The van der Waals surface area contributed by atoms with Gasteiger partial charge in [-0.05, 0) is 32.0 Å². The minimum absolute atomic E-state index is 0.159. The zero-order valence-corrected chi connectivity index (χ0v) is 11.3. The Morgan fingerprint density at radius 3 is 2.74 bits per heavy atom. The highest BCUT2D eigenvalue weighted by Gasteiger charge is 2.15. The largest absolute Gasteiger partial charge is 0.339 e. The molecule has 1 fully saturated rings. The van der Waals surface area contributed by atoms with Crippen LogP contribution in [0.3, 0.4) is 0 Å². The Kier molecular flexibility index (Phi) is 4.68. The molecule has 0 bridgehead atoms. The van der Waals surface area contributed by atoms with Gasteiger partial charge >= 0.3 is 0 Å². The number of rotatable bonds is 4. The zero-order valence-electron chi connectivity index (χ0n) is 11.3. The number of carbonyl (C=O) groups excluding carboxylic acids is 1. The lowest BCUT2D eigenvalue weighted by molar-refractivity contribution is 0.0766. The summed E-state index contributed by atoms with van der Waals surface area (Å²) in [5.41, 5.74) is -0.0201. The number of carbonyl (C=O) groups is 1. The van der Waals surface area contributed by atoms with Crippen molar-refractivity contribution in [2.24, 2.45) is 0 Å². The number of likely N-dealkylation sites (tertiary alicyclic amines) is 1. The molecule has 1 aliphatic heterocycles. The highest BCUT2D eigenvalue weighted by molar-refractivity contribution is 5.91. The van der Waals surface area contributed by atoms with Crippen molar-refractivity contribution in [1.82, 2.24) is 20.0 Å². The molecule has 1 saturated heterocycles. The molecule has 2 rings (SSSR count). The van der Waals surface area contributed by atoms with E-state index in [0.29, 0.717) is 6.54 Å². The fourth-order valence-electron chi connectivity index (χ4n) is 2.24. The molecule has 0 unspecified atom stereocenters. The third-order valence-electron chi connectivity index (χ3n) is 3.45. The summed E-state index contributed by atoms with van der Waals surface area (Å²) >= 11 is 0. The van der Waals surface area contributed by atoms with Crippen molar-refractivity contribution >= 4 is 5.91 Å². The van der Waals surface area contributed by atoms with E-state index in [1.165, 1.54) is 31.4 Å². The molecule has 0 aromatic carbocycles. The van der Waals surface area contributed by atoms with Gasteiger partial charge in [-0.25, -0.2) is 5.10 Å². The zero-order chi connectivity index (χ0) is 13.7. The number of nitrogens with zero attached hydrogens (tertiary/aromatic N) is 3. The number of H-pyrrole nitrogens is 1. The normalized spacial score (nSPS) is 16.3. The van der Waals surface area contributed by atoms with Gasteiger partial charge in [-0.3, -0.25) is 9.59 Å². The number of piperidine rings is 1. The first-order valence-electron chi connectivity index (χ1n) is 6.70. The number of likely N-dealkylation sites (N-methyl/N-ethyl adjacent to an activating group) is 1. The molecular formula is C13H20N4O2. The molecule has 1 amide bonds. The maximum absolute atomic E-state index is 12.1. The SMILES string of the molecule is CN(CCN1CCCCC1)C(=O)c1ccc(=O)[nH]n1. The number of nitrogens with one attached hydrogen (secondary N) is 1. The van der Waals surface area contributed by atoms with E-state index in [1.807, 2.05) is 0 Å². The van der Waals surface area contributed by atoms with Crippen LogP contribution in [-0.4, -0.2) is 59.1 Å². The highest BCUT2D eigenvalue weighted by Crippen LogP contribution is 2.08. The highest BCUT2D eigenvalue weighted by atomic mass is 16.2. The lowest BCUT2D eigenvalue weighted by atomic mass is 10.1. The van der Waals surface area contributed by atoms with Crippen LogP contribution in [0.2, 0.25) is 0 Å². The average molecular weight is 264 g/mol. The fraction of sp³-hybridized carbons (Fsp3) is 0.615. The number of aromatic nitrogens is 2. The van der Waals surface area contributed by atoms with Gasteiger partial charge in [0.05, 0.1) is 0 Å². The molecule has 1 N–H and O–H groups in total. The summed E-state index contributed by atoms with van der Waals surface area (Å²) in [6.07, 6.45) is 3.81. The molecule has 1 aliphatic rings. The predicted molar refractivity (Wildman–Crippen MR) is 72.1 cm³/mol. The van der Waals surface area contributed by atoms with E-state index in [1.54, 1.807) is 11.9 Å². The van der Waals surface area contributed by atoms with Crippen molar-refractivity contribution in [3.8, 4) is 0 Å². The maximum Gasteiger partial charge on any atom is 0.274 e. The lowest BCUT2D eigenvalue weighted by Gasteiger charge is -2.28. The van der Waals surface area contributed by atoms with Crippen LogP contribution >= 0.6 is 0 Å². The summed E-state index contributed by atoms with van der Waals surface area (Å²) in [7, 11) is 1.76. The van der Waals surface area contributed by atoms with E-state index < -0.39 is 0 Å². The van der Waals surface area contributed by atoms with Crippen LogP contribution < -0.4 is 5.56 Å². The third kappa shape index (κ3) is 3.89. The molecule has 6 nitrogen and oxygen atoms in total. The summed E-state index contributed by atoms with van der Waals surface area (Å²) in [5.74, 6) is -0.159. The second kappa shape index (κ2) is 6.47. The van der Waals surface area contributed by atoms with Crippen LogP contribution in [0.5, 0.6) is 0 Å². The number of aromatic amines is 1. The van der Waals surface area contributed by atoms with E-state index in [-0.39, 0.29) is 17.2 Å². The van der Waals surface area contributed by atoms with Gasteiger partial charge in [0.15, 0.2) is 0 Å². The van der Waals surface area contributed by atoms with Crippen LogP contribution in [0, 0.1) is 0 Å². The monoisotopic (exact) mass is 264 g/mol. The van der Waals surface area contributed by atoms with E-state index in [9.17, 15) is 9.59 Å². The molecule has 0 atom stereocenters. The van der Waals surface area contributed by atoms with Crippen LogP contribution in [0.15, 0.2) is 16.9 Å². The number of hydrogen-bond donors (Lipinski definition) is 1.